The highest BCUT2D eigenvalue weighted by atomic mass is 35.5. The lowest BCUT2D eigenvalue weighted by Crippen LogP contribution is -2.54. The molecule has 1 aliphatic heterocycles. The number of esters is 3. The molecule has 0 bridgehead atoms. The molecule has 19 heavy (non-hydrogen) atoms. The highest BCUT2D eigenvalue weighted by molar-refractivity contribution is 5.67. The van der Waals surface area contributed by atoms with Gasteiger partial charge in [0, 0.05) is 27.7 Å². The number of ether oxygens (including phenoxy) is 4. The lowest BCUT2D eigenvalue weighted by Gasteiger charge is -2.27. The molecule has 1 heterocycles. The smallest absolute Gasteiger partial charge is 0.419 e. The summed E-state index contributed by atoms with van der Waals surface area (Å²) in [6.45, 7) is 6.28. The van der Waals surface area contributed by atoms with Gasteiger partial charge in [-0.1, -0.05) is 0 Å². The number of rotatable bonds is 3. The lowest BCUT2D eigenvalue weighted by atomic mass is 10.3. The van der Waals surface area contributed by atoms with Gasteiger partial charge in [0.15, 0.2) is 0 Å². The summed E-state index contributed by atoms with van der Waals surface area (Å²) in [5, 5.41) is 0. The third kappa shape index (κ3) is 4.60. The van der Waals surface area contributed by atoms with Crippen molar-refractivity contribution >= 4 is 17.9 Å². The molecule has 0 aromatic carbocycles. The van der Waals surface area contributed by atoms with Gasteiger partial charge in [-0.2, -0.15) is 0 Å². The zero-order chi connectivity index (χ0) is 14.6. The molecule has 0 amide bonds. The average Bonchev–Trinajstić information content (AvgIpc) is 2.21. The first-order valence-electron chi connectivity index (χ1n) is 5.40. The second-order valence-corrected chi connectivity index (χ2v) is 4.95. The van der Waals surface area contributed by atoms with Crippen molar-refractivity contribution in [3.05, 3.63) is 6.61 Å². The summed E-state index contributed by atoms with van der Waals surface area (Å²) in [4.78, 5) is 33.0. The summed E-state index contributed by atoms with van der Waals surface area (Å²) in [6, 6.07) is 0. The Bertz CT molecular complexity index is 383. The van der Waals surface area contributed by atoms with Crippen LogP contribution < -0.4 is 0 Å². The minimum absolute atomic E-state index is 0.519. The molecule has 0 spiro atoms. The largest absolute Gasteiger partial charge is 0.494 e. The molecule has 1 saturated heterocycles. The van der Waals surface area contributed by atoms with E-state index in [0.717, 1.165) is 0 Å². The molecule has 0 aromatic rings. The summed E-state index contributed by atoms with van der Waals surface area (Å²) < 4.78 is 20.1. The quantitative estimate of drug-likeness (QED) is 0.320. The fraction of sp³-hybridized carbons (Fsp3) is 0.636. The van der Waals surface area contributed by atoms with Crippen LogP contribution in [0, 0.1) is 17.4 Å². The van der Waals surface area contributed by atoms with Gasteiger partial charge in [0.2, 0.25) is 0 Å². The molecule has 0 aliphatic carbocycles. The number of halogens is 1. The van der Waals surface area contributed by atoms with Crippen LogP contribution in [0.25, 0.3) is 0 Å². The lowest BCUT2D eigenvalue weighted by molar-refractivity contribution is -0.807. The van der Waals surface area contributed by atoms with Gasteiger partial charge in [-0.25, -0.2) is 0 Å². The molecule has 0 aromatic heterocycles. The molecule has 0 radical (unpaired) electrons. The van der Waals surface area contributed by atoms with Gasteiger partial charge >= 0.3 is 41.4 Å². The van der Waals surface area contributed by atoms with E-state index >= 15 is 0 Å². The Morgan fingerprint density at radius 2 is 1.68 bits per heavy atom. The molecule has 1 fully saturated rings. The Morgan fingerprint density at radius 3 is 2.16 bits per heavy atom. The summed E-state index contributed by atoms with van der Waals surface area (Å²) in [7, 11) is 1.55. The molecule has 3 atom stereocenters. The molecular formula is C11H15ClO7+2. The fourth-order valence-corrected chi connectivity index (χ4v) is 2.36. The Balaban J connectivity index is 2.79. The summed E-state index contributed by atoms with van der Waals surface area (Å²) >= 11 is 0. The van der Waals surface area contributed by atoms with E-state index in [2.05, 4.69) is 0 Å². The van der Waals surface area contributed by atoms with Gasteiger partial charge in [0.25, 0.3) is 10.8 Å². The maximum atomic E-state index is 11.1. The van der Waals surface area contributed by atoms with Crippen LogP contribution in [-0.4, -0.2) is 34.8 Å². The van der Waals surface area contributed by atoms with Crippen LogP contribution in [0.5, 0.6) is 0 Å². The van der Waals surface area contributed by atoms with E-state index < -0.39 is 34.8 Å². The van der Waals surface area contributed by atoms with Crippen LogP contribution >= 0.6 is 0 Å². The Labute approximate surface area is 114 Å². The van der Waals surface area contributed by atoms with Crippen LogP contribution in [0.3, 0.4) is 0 Å². The highest BCUT2D eigenvalue weighted by Gasteiger charge is 2.64. The van der Waals surface area contributed by atoms with Crippen molar-refractivity contribution in [2.75, 3.05) is 0 Å². The van der Waals surface area contributed by atoms with Gasteiger partial charge in [0.05, 0.1) is 0 Å². The Kier molecular flexibility index (Phi) is 5.02. The summed E-state index contributed by atoms with van der Waals surface area (Å²) in [5.74, 6) is -3.18. The predicted octanol–water partition coefficient (Wildman–Crippen LogP) is 0.321. The molecule has 0 N–H and O–H groups in total. The van der Waals surface area contributed by atoms with Gasteiger partial charge < -0.3 is 14.2 Å². The Hall–Kier alpha value is -1.47. The fourth-order valence-electron chi connectivity index (χ4n) is 1.35. The predicted molar refractivity (Wildman–Crippen MR) is 56.7 cm³/mol. The zero-order valence-corrected chi connectivity index (χ0v) is 11.7. The van der Waals surface area contributed by atoms with Gasteiger partial charge in [-0.3, -0.25) is 14.4 Å². The number of carbonyl (C=O) groups excluding carboxylic acids is 3. The van der Waals surface area contributed by atoms with Gasteiger partial charge in [-0.05, 0) is 0 Å². The van der Waals surface area contributed by atoms with Crippen molar-refractivity contribution in [1.82, 2.24) is 0 Å². The van der Waals surface area contributed by atoms with Gasteiger partial charge in [-0.15, -0.1) is 4.74 Å². The third-order valence-electron chi connectivity index (χ3n) is 1.95. The second-order valence-electron chi connectivity index (χ2n) is 3.88. The van der Waals surface area contributed by atoms with Crippen molar-refractivity contribution in [2.45, 2.75) is 44.6 Å². The molecule has 1 unspecified atom stereocenters. The van der Waals surface area contributed by atoms with E-state index in [1.54, 1.807) is 10.8 Å². The molecule has 106 valence electrons. The van der Waals surface area contributed by atoms with E-state index in [-0.39, 0.29) is 0 Å². The molecule has 1 rings (SSSR count). The summed E-state index contributed by atoms with van der Waals surface area (Å²) in [6.07, 6.45) is 0. The van der Waals surface area contributed by atoms with Crippen LogP contribution in [0.4, 0.5) is 0 Å². The Morgan fingerprint density at radius 1 is 1.11 bits per heavy atom. The first-order chi connectivity index (χ1) is 8.73. The van der Waals surface area contributed by atoms with Crippen LogP contribution in [-0.2, 0) is 33.3 Å². The second kappa shape index (κ2) is 6.12. The maximum Gasteiger partial charge on any atom is 0.494 e. The van der Waals surface area contributed by atoms with Crippen molar-refractivity contribution < 1.29 is 44.1 Å². The molecule has 1 aliphatic rings. The SMILES string of the molecule is CC(=O)O[C@@H]1[Cl+][C@H](OC(C)=O)[CH+]OC1(C)OC(C)=O. The number of alkyl halides is 2. The molecule has 8 heteroatoms. The topological polar surface area (TPSA) is 88.1 Å². The zero-order valence-electron chi connectivity index (χ0n) is 11.0. The monoisotopic (exact) mass is 294 g/mol. The van der Waals surface area contributed by atoms with E-state index in [4.69, 9.17) is 18.9 Å². The summed E-state index contributed by atoms with van der Waals surface area (Å²) in [5.41, 5.74) is -1.80. The number of hydrogen-bond acceptors (Lipinski definition) is 7. The minimum Gasteiger partial charge on any atom is -0.419 e. The third-order valence-corrected chi connectivity index (χ3v) is 3.11. The molecular weight excluding hydrogens is 280 g/mol. The first kappa shape index (κ1) is 15.6. The van der Waals surface area contributed by atoms with E-state index in [1.807, 2.05) is 0 Å². The first-order valence-corrected chi connectivity index (χ1v) is 6.27. The number of carbonyl (C=O) groups is 3. The minimum atomic E-state index is -1.48. The molecule has 7 nitrogen and oxygen atoms in total. The van der Waals surface area contributed by atoms with Crippen molar-refractivity contribution in [3.8, 4) is 0 Å². The number of hydrogen-bond donors (Lipinski definition) is 0. The highest BCUT2D eigenvalue weighted by Crippen LogP contribution is 2.31. The van der Waals surface area contributed by atoms with E-state index in [9.17, 15) is 14.4 Å². The molecule has 0 saturated carbocycles. The van der Waals surface area contributed by atoms with Crippen molar-refractivity contribution in [2.24, 2.45) is 0 Å². The van der Waals surface area contributed by atoms with E-state index in [0.29, 0.717) is 0 Å². The normalized spacial score (nSPS) is 29.9. The standard InChI is InChI=1S/C11H15ClO7/c1-6(13)17-9-5-16-11(4,19-8(3)15)10(12-9)18-7(2)14/h5,9-10H,1-4H3/q+2/t9-,10+,11?/m1/s1. The maximum absolute atomic E-state index is 11.1. The van der Waals surface area contributed by atoms with Crippen molar-refractivity contribution in [1.29, 1.82) is 0 Å². The van der Waals surface area contributed by atoms with E-state index in [1.165, 1.54) is 34.3 Å². The van der Waals surface area contributed by atoms with Crippen molar-refractivity contribution in [3.63, 3.8) is 0 Å². The average molecular weight is 295 g/mol. The van der Waals surface area contributed by atoms with Crippen LogP contribution in [0.2, 0.25) is 0 Å². The van der Waals surface area contributed by atoms with Crippen LogP contribution in [0.1, 0.15) is 27.7 Å². The van der Waals surface area contributed by atoms with Gasteiger partial charge in [0.1, 0.15) is 0 Å². The van der Waals surface area contributed by atoms with Crippen LogP contribution in [0.15, 0.2) is 0 Å².